The fraction of sp³-hybridized carbons (Fsp3) is 0.929. The number of amides is 1. The number of rotatable bonds is 5. The molecule has 0 aromatic carbocycles. The zero-order chi connectivity index (χ0) is 13.0. The molecule has 2 heterocycles. The molecule has 4 heteroatoms. The van der Waals surface area contributed by atoms with Crippen LogP contribution in [0.15, 0.2) is 0 Å². The van der Waals surface area contributed by atoms with Gasteiger partial charge < -0.3 is 10.6 Å². The van der Waals surface area contributed by atoms with Crippen LogP contribution >= 0.6 is 0 Å². The minimum atomic E-state index is 0.222. The van der Waals surface area contributed by atoms with Gasteiger partial charge >= 0.3 is 0 Å². The molecule has 2 aliphatic heterocycles. The lowest BCUT2D eigenvalue weighted by Crippen LogP contribution is -2.49. The second-order valence-corrected chi connectivity index (χ2v) is 6.00. The van der Waals surface area contributed by atoms with Crippen molar-refractivity contribution in [1.29, 1.82) is 0 Å². The number of nitrogens with one attached hydrogen (secondary N) is 2. The Bertz CT molecular complexity index is 274. The molecule has 18 heavy (non-hydrogen) atoms. The molecule has 2 atom stereocenters. The molecule has 0 aromatic rings. The second-order valence-electron chi connectivity index (χ2n) is 6.00. The van der Waals surface area contributed by atoms with Gasteiger partial charge in [-0.05, 0) is 39.7 Å². The van der Waals surface area contributed by atoms with Gasteiger partial charge in [0.2, 0.25) is 5.91 Å². The minimum absolute atomic E-state index is 0.222. The highest BCUT2D eigenvalue weighted by atomic mass is 16.1. The highest BCUT2D eigenvalue weighted by Crippen LogP contribution is 2.14. The lowest BCUT2D eigenvalue weighted by molar-refractivity contribution is -0.119. The summed E-state index contributed by atoms with van der Waals surface area (Å²) in [5.41, 5.74) is 0. The maximum Gasteiger partial charge on any atom is 0.220 e. The zero-order valence-electron chi connectivity index (χ0n) is 11.7. The van der Waals surface area contributed by atoms with E-state index < -0.39 is 0 Å². The van der Waals surface area contributed by atoms with Crippen LogP contribution in [0.25, 0.3) is 0 Å². The molecule has 4 nitrogen and oxygen atoms in total. The standard InChI is InChI=1S/C14H27N3O/c1-11(2)17(9-12-5-3-4-8-15-12)10-13-6-7-14(18)16-13/h11-13,15H,3-10H2,1-2H3,(H,16,18). The molecule has 2 N–H and O–H groups in total. The Hall–Kier alpha value is -0.610. The van der Waals surface area contributed by atoms with E-state index in [1.807, 2.05) is 0 Å². The highest BCUT2D eigenvalue weighted by Gasteiger charge is 2.25. The van der Waals surface area contributed by atoms with E-state index in [9.17, 15) is 4.79 Å². The van der Waals surface area contributed by atoms with Crippen LogP contribution in [-0.4, -0.2) is 48.6 Å². The van der Waals surface area contributed by atoms with Crippen molar-refractivity contribution >= 4 is 5.91 Å². The van der Waals surface area contributed by atoms with Crippen LogP contribution in [0.5, 0.6) is 0 Å². The van der Waals surface area contributed by atoms with Gasteiger partial charge in [-0.15, -0.1) is 0 Å². The van der Waals surface area contributed by atoms with Gasteiger partial charge in [0.15, 0.2) is 0 Å². The number of nitrogens with zero attached hydrogens (tertiary/aromatic N) is 1. The molecule has 2 fully saturated rings. The fourth-order valence-corrected chi connectivity index (χ4v) is 2.96. The molecular formula is C14H27N3O. The molecule has 2 unspecified atom stereocenters. The van der Waals surface area contributed by atoms with Gasteiger partial charge in [-0.25, -0.2) is 0 Å². The van der Waals surface area contributed by atoms with E-state index in [0.29, 0.717) is 24.5 Å². The molecular weight excluding hydrogens is 226 g/mol. The summed E-state index contributed by atoms with van der Waals surface area (Å²) >= 11 is 0. The van der Waals surface area contributed by atoms with Crippen LogP contribution < -0.4 is 10.6 Å². The van der Waals surface area contributed by atoms with Gasteiger partial charge in [0.25, 0.3) is 0 Å². The van der Waals surface area contributed by atoms with E-state index in [0.717, 1.165) is 26.1 Å². The summed E-state index contributed by atoms with van der Waals surface area (Å²) in [6.45, 7) is 7.78. The van der Waals surface area contributed by atoms with Crippen molar-refractivity contribution in [3.8, 4) is 0 Å². The summed E-state index contributed by atoms with van der Waals surface area (Å²) in [6, 6.07) is 1.55. The first-order valence-electron chi connectivity index (χ1n) is 7.42. The molecule has 0 radical (unpaired) electrons. The van der Waals surface area contributed by atoms with Crippen LogP contribution in [-0.2, 0) is 4.79 Å². The molecule has 0 spiro atoms. The maximum absolute atomic E-state index is 11.3. The van der Waals surface area contributed by atoms with E-state index in [1.54, 1.807) is 0 Å². The Kier molecular flexibility index (Phi) is 5.01. The van der Waals surface area contributed by atoms with Crippen molar-refractivity contribution in [2.24, 2.45) is 0 Å². The largest absolute Gasteiger partial charge is 0.352 e. The van der Waals surface area contributed by atoms with Crippen molar-refractivity contribution in [3.05, 3.63) is 0 Å². The Balaban J connectivity index is 1.81. The number of piperidine rings is 1. The Morgan fingerprint density at radius 2 is 2.00 bits per heavy atom. The van der Waals surface area contributed by atoms with Crippen molar-refractivity contribution in [2.45, 2.75) is 64.1 Å². The number of hydrogen-bond acceptors (Lipinski definition) is 3. The monoisotopic (exact) mass is 253 g/mol. The quantitative estimate of drug-likeness (QED) is 0.771. The summed E-state index contributed by atoms with van der Waals surface area (Å²) in [7, 11) is 0. The minimum Gasteiger partial charge on any atom is -0.352 e. The molecule has 2 saturated heterocycles. The van der Waals surface area contributed by atoms with Crippen molar-refractivity contribution in [1.82, 2.24) is 15.5 Å². The van der Waals surface area contributed by atoms with Crippen molar-refractivity contribution < 1.29 is 4.79 Å². The van der Waals surface area contributed by atoms with Crippen LogP contribution in [0.2, 0.25) is 0 Å². The van der Waals surface area contributed by atoms with E-state index in [-0.39, 0.29) is 5.91 Å². The molecule has 0 aromatic heterocycles. The number of carbonyl (C=O) groups is 1. The van der Waals surface area contributed by atoms with Crippen LogP contribution in [0.3, 0.4) is 0 Å². The Morgan fingerprint density at radius 1 is 1.22 bits per heavy atom. The third-order valence-electron chi connectivity index (χ3n) is 4.14. The first-order valence-corrected chi connectivity index (χ1v) is 7.42. The summed E-state index contributed by atoms with van der Waals surface area (Å²) in [5.74, 6) is 0.222. The lowest BCUT2D eigenvalue weighted by Gasteiger charge is -2.34. The summed E-state index contributed by atoms with van der Waals surface area (Å²) in [5, 5.41) is 6.68. The van der Waals surface area contributed by atoms with Crippen molar-refractivity contribution in [2.75, 3.05) is 19.6 Å². The van der Waals surface area contributed by atoms with E-state index in [1.165, 1.54) is 19.3 Å². The van der Waals surface area contributed by atoms with E-state index in [2.05, 4.69) is 29.4 Å². The molecule has 2 aliphatic rings. The maximum atomic E-state index is 11.3. The highest BCUT2D eigenvalue weighted by molar-refractivity contribution is 5.78. The Morgan fingerprint density at radius 3 is 2.56 bits per heavy atom. The molecule has 0 aliphatic carbocycles. The zero-order valence-corrected chi connectivity index (χ0v) is 11.7. The van der Waals surface area contributed by atoms with Gasteiger partial charge in [0.05, 0.1) is 0 Å². The predicted octanol–water partition coefficient (Wildman–Crippen LogP) is 1.12. The average molecular weight is 253 g/mol. The van der Waals surface area contributed by atoms with E-state index in [4.69, 9.17) is 0 Å². The summed E-state index contributed by atoms with van der Waals surface area (Å²) in [4.78, 5) is 13.8. The third kappa shape index (κ3) is 3.95. The molecule has 0 bridgehead atoms. The predicted molar refractivity (Wildman–Crippen MR) is 73.5 cm³/mol. The van der Waals surface area contributed by atoms with Gasteiger partial charge in [-0.1, -0.05) is 6.42 Å². The first-order chi connectivity index (χ1) is 8.65. The van der Waals surface area contributed by atoms with Crippen molar-refractivity contribution in [3.63, 3.8) is 0 Å². The normalized spacial score (nSPS) is 29.0. The SMILES string of the molecule is CC(C)N(CC1CCCCN1)CC1CCC(=O)N1. The van der Waals surface area contributed by atoms with E-state index >= 15 is 0 Å². The number of carbonyl (C=O) groups excluding carboxylic acids is 1. The fourth-order valence-electron chi connectivity index (χ4n) is 2.96. The summed E-state index contributed by atoms with van der Waals surface area (Å²) in [6.07, 6.45) is 5.67. The van der Waals surface area contributed by atoms with Gasteiger partial charge in [0.1, 0.15) is 0 Å². The molecule has 104 valence electrons. The van der Waals surface area contributed by atoms with Gasteiger partial charge in [-0.3, -0.25) is 9.69 Å². The topological polar surface area (TPSA) is 44.4 Å². The third-order valence-corrected chi connectivity index (χ3v) is 4.14. The average Bonchev–Trinajstić information content (AvgIpc) is 2.75. The van der Waals surface area contributed by atoms with Gasteiger partial charge in [-0.2, -0.15) is 0 Å². The molecule has 1 amide bonds. The van der Waals surface area contributed by atoms with Crippen LogP contribution in [0.1, 0.15) is 46.0 Å². The summed E-state index contributed by atoms with van der Waals surface area (Å²) < 4.78 is 0. The second kappa shape index (κ2) is 6.53. The molecule has 2 rings (SSSR count). The van der Waals surface area contributed by atoms with Crippen LogP contribution in [0, 0.1) is 0 Å². The first kappa shape index (κ1) is 13.8. The van der Waals surface area contributed by atoms with Crippen LogP contribution in [0.4, 0.5) is 0 Å². The smallest absolute Gasteiger partial charge is 0.220 e. The lowest BCUT2D eigenvalue weighted by atomic mass is 10.0. The molecule has 0 saturated carbocycles. The number of hydrogen-bond donors (Lipinski definition) is 2. The Labute approximate surface area is 110 Å². The van der Waals surface area contributed by atoms with Gasteiger partial charge in [0, 0.05) is 37.6 Å².